The van der Waals surface area contributed by atoms with Crippen molar-refractivity contribution >= 4 is 17.5 Å². The maximum atomic E-state index is 13.9. The highest BCUT2D eigenvalue weighted by atomic mass is 35.5. The molecule has 1 N–H and O–H groups in total. The molecule has 3 aromatic rings. The van der Waals surface area contributed by atoms with Gasteiger partial charge in [0.2, 0.25) is 0 Å². The van der Waals surface area contributed by atoms with E-state index < -0.39 is 29.3 Å². The zero-order valence-electron chi connectivity index (χ0n) is 17.7. The Bertz CT molecular complexity index is 1130. The summed E-state index contributed by atoms with van der Waals surface area (Å²) in [7, 11) is 0. The van der Waals surface area contributed by atoms with Gasteiger partial charge in [-0.05, 0) is 42.0 Å². The molecule has 0 bridgehead atoms. The van der Waals surface area contributed by atoms with Crippen LogP contribution < -0.4 is 5.32 Å². The van der Waals surface area contributed by atoms with Gasteiger partial charge in [-0.15, -0.1) is 5.10 Å². The van der Waals surface area contributed by atoms with Crippen LogP contribution in [-0.4, -0.2) is 58.6 Å². The average Bonchev–Trinajstić information content (AvgIpc) is 3.27. The number of amides is 1. The van der Waals surface area contributed by atoms with E-state index in [0.29, 0.717) is 36.0 Å². The average molecular weight is 498 g/mol. The fourth-order valence-electron chi connectivity index (χ4n) is 3.76. The summed E-state index contributed by atoms with van der Waals surface area (Å²) in [5.41, 5.74) is -1.44. The second-order valence-electron chi connectivity index (χ2n) is 7.60. The highest BCUT2D eigenvalue weighted by Crippen LogP contribution is 2.33. The van der Waals surface area contributed by atoms with E-state index in [1.165, 1.54) is 0 Å². The largest absolute Gasteiger partial charge is 0.435 e. The number of rotatable bonds is 6. The first-order valence-electron chi connectivity index (χ1n) is 10.4. The fourth-order valence-corrected chi connectivity index (χ4v) is 3.88. The molecule has 1 saturated heterocycles. The van der Waals surface area contributed by atoms with E-state index in [2.05, 4.69) is 20.5 Å². The van der Waals surface area contributed by atoms with Gasteiger partial charge in [-0.25, -0.2) is 9.07 Å². The molecule has 12 heteroatoms. The molecule has 2 heterocycles. The van der Waals surface area contributed by atoms with Gasteiger partial charge < -0.3 is 10.1 Å². The Morgan fingerprint density at radius 3 is 2.35 bits per heavy atom. The topological polar surface area (TPSA) is 72.3 Å². The van der Waals surface area contributed by atoms with Crippen molar-refractivity contribution in [3.05, 3.63) is 76.3 Å². The molecule has 1 aromatic heterocycles. The molecule has 0 saturated carbocycles. The van der Waals surface area contributed by atoms with Crippen LogP contribution in [0.3, 0.4) is 0 Å². The number of carbonyl (C=O) groups is 1. The Morgan fingerprint density at radius 1 is 1.09 bits per heavy atom. The summed E-state index contributed by atoms with van der Waals surface area (Å²) in [6, 6.07) is 11.0. The molecule has 1 aliphatic rings. The minimum absolute atomic E-state index is 0.0289. The van der Waals surface area contributed by atoms with Crippen molar-refractivity contribution in [2.45, 2.75) is 12.2 Å². The van der Waals surface area contributed by atoms with Crippen LogP contribution in [0.5, 0.6) is 0 Å². The number of carbonyl (C=O) groups excluding carboxylic acids is 1. The summed E-state index contributed by atoms with van der Waals surface area (Å²) in [5.74, 6) is -1.64. The molecule has 1 aliphatic heterocycles. The summed E-state index contributed by atoms with van der Waals surface area (Å²) < 4.78 is 60.7. The molecule has 2 aromatic carbocycles. The van der Waals surface area contributed by atoms with Crippen molar-refractivity contribution in [3.8, 4) is 5.69 Å². The van der Waals surface area contributed by atoms with Crippen LogP contribution in [0, 0.1) is 5.82 Å². The number of hydrogen-bond acceptors (Lipinski definition) is 5. The quantitative estimate of drug-likeness (QED) is 0.523. The maximum absolute atomic E-state index is 13.9. The lowest BCUT2D eigenvalue weighted by atomic mass is 10.0. The van der Waals surface area contributed by atoms with Crippen LogP contribution in [0.15, 0.2) is 48.5 Å². The van der Waals surface area contributed by atoms with Crippen molar-refractivity contribution in [1.82, 2.24) is 25.2 Å². The second-order valence-corrected chi connectivity index (χ2v) is 8.03. The van der Waals surface area contributed by atoms with Crippen LogP contribution in [0.25, 0.3) is 5.69 Å². The van der Waals surface area contributed by atoms with Gasteiger partial charge in [-0.3, -0.25) is 9.69 Å². The summed E-state index contributed by atoms with van der Waals surface area (Å²) in [4.78, 5) is 14.9. The molecule has 180 valence electrons. The highest BCUT2D eigenvalue weighted by molar-refractivity contribution is 6.30. The van der Waals surface area contributed by atoms with Crippen LogP contribution >= 0.6 is 11.6 Å². The third kappa shape index (κ3) is 5.37. The Hall–Kier alpha value is -3.02. The fraction of sp³-hybridized carbons (Fsp3) is 0.318. The lowest BCUT2D eigenvalue weighted by Gasteiger charge is -2.35. The molecule has 34 heavy (non-hydrogen) atoms. The van der Waals surface area contributed by atoms with E-state index in [-0.39, 0.29) is 18.3 Å². The van der Waals surface area contributed by atoms with Gasteiger partial charge in [0.25, 0.3) is 5.91 Å². The number of halogens is 5. The summed E-state index contributed by atoms with van der Waals surface area (Å²) in [6.45, 7) is 2.22. The molecular weight excluding hydrogens is 478 g/mol. The monoisotopic (exact) mass is 497 g/mol. The van der Waals surface area contributed by atoms with Gasteiger partial charge in [-0.1, -0.05) is 28.9 Å². The normalized spacial score (nSPS) is 15.8. The molecule has 0 spiro atoms. The zero-order valence-corrected chi connectivity index (χ0v) is 18.5. The minimum Gasteiger partial charge on any atom is -0.379 e. The predicted octanol–water partition coefficient (Wildman–Crippen LogP) is 3.88. The Balaban J connectivity index is 1.59. The molecule has 1 fully saturated rings. The molecule has 1 unspecified atom stereocenters. The van der Waals surface area contributed by atoms with Gasteiger partial charge in [-0.2, -0.15) is 13.2 Å². The van der Waals surface area contributed by atoms with Crippen LogP contribution in [0.4, 0.5) is 17.6 Å². The molecule has 0 aliphatic carbocycles. The number of benzene rings is 2. The molecule has 1 amide bonds. The number of nitrogens with zero attached hydrogens (tertiary/aromatic N) is 4. The first kappa shape index (κ1) is 24.1. The number of morpholine rings is 1. The third-order valence-electron chi connectivity index (χ3n) is 5.42. The summed E-state index contributed by atoms with van der Waals surface area (Å²) in [6.07, 6.45) is -4.93. The lowest BCUT2D eigenvalue weighted by molar-refractivity contribution is -0.143. The molecule has 1 atom stereocenters. The van der Waals surface area contributed by atoms with E-state index in [1.54, 1.807) is 24.3 Å². The highest BCUT2D eigenvalue weighted by Gasteiger charge is 2.42. The predicted molar refractivity (Wildman–Crippen MR) is 115 cm³/mol. The van der Waals surface area contributed by atoms with Crippen molar-refractivity contribution in [3.63, 3.8) is 0 Å². The van der Waals surface area contributed by atoms with Gasteiger partial charge in [0.1, 0.15) is 5.82 Å². The van der Waals surface area contributed by atoms with E-state index in [0.717, 1.165) is 29.8 Å². The van der Waals surface area contributed by atoms with Crippen molar-refractivity contribution in [1.29, 1.82) is 0 Å². The lowest BCUT2D eigenvalue weighted by Crippen LogP contribution is -2.44. The van der Waals surface area contributed by atoms with Gasteiger partial charge in [0.05, 0.1) is 24.9 Å². The van der Waals surface area contributed by atoms with Crippen LogP contribution in [0.1, 0.15) is 27.8 Å². The van der Waals surface area contributed by atoms with Crippen molar-refractivity contribution in [2.75, 3.05) is 32.8 Å². The number of nitrogens with one attached hydrogen (secondary N) is 1. The second kappa shape index (κ2) is 10.1. The van der Waals surface area contributed by atoms with Crippen LogP contribution in [0.2, 0.25) is 5.02 Å². The van der Waals surface area contributed by atoms with Gasteiger partial charge in [0.15, 0.2) is 11.4 Å². The van der Waals surface area contributed by atoms with E-state index >= 15 is 0 Å². The number of hydrogen-bond donors (Lipinski definition) is 1. The molecule has 0 radical (unpaired) electrons. The zero-order chi connectivity index (χ0) is 24.3. The number of ether oxygens (including phenoxy) is 1. The first-order valence-corrected chi connectivity index (χ1v) is 10.8. The SMILES string of the molecule is O=C(NCC(c1ccc(Cl)cc1)N1CCOCC1)c1nnn(-c2ccc(F)cc2)c1C(F)(F)F. The van der Waals surface area contributed by atoms with E-state index in [1.807, 2.05) is 0 Å². The van der Waals surface area contributed by atoms with Crippen molar-refractivity contribution < 1.29 is 27.1 Å². The first-order chi connectivity index (χ1) is 16.2. The van der Waals surface area contributed by atoms with Gasteiger partial charge in [0, 0.05) is 24.7 Å². The summed E-state index contributed by atoms with van der Waals surface area (Å²) >= 11 is 5.98. The number of aromatic nitrogens is 3. The Kier molecular flexibility index (Phi) is 7.15. The molecular formula is C22H20ClF4N5O2. The van der Waals surface area contributed by atoms with Crippen molar-refractivity contribution in [2.24, 2.45) is 0 Å². The standard InChI is InChI=1S/C22H20ClF4N5O2/c23-15-3-1-14(2-4-15)18(31-9-11-34-12-10-31)13-28-21(33)19-20(22(25,26)27)32(30-29-19)17-7-5-16(24)6-8-17/h1-8,18H,9-13H2,(H,28,33). The molecule has 7 nitrogen and oxygen atoms in total. The van der Waals surface area contributed by atoms with E-state index in [9.17, 15) is 22.4 Å². The van der Waals surface area contributed by atoms with E-state index in [4.69, 9.17) is 16.3 Å². The maximum Gasteiger partial charge on any atom is 0.435 e. The Labute approximate surface area is 197 Å². The van der Waals surface area contributed by atoms with Gasteiger partial charge >= 0.3 is 6.18 Å². The smallest absolute Gasteiger partial charge is 0.379 e. The summed E-state index contributed by atoms with van der Waals surface area (Å²) in [5, 5.41) is 10.1. The Morgan fingerprint density at radius 2 is 1.74 bits per heavy atom. The minimum atomic E-state index is -4.93. The number of alkyl halides is 3. The van der Waals surface area contributed by atoms with Crippen LogP contribution in [-0.2, 0) is 10.9 Å². The third-order valence-corrected chi connectivity index (χ3v) is 5.67. The molecule has 4 rings (SSSR count).